The fourth-order valence-corrected chi connectivity index (χ4v) is 4.20. The summed E-state index contributed by atoms with van der Waals surface area (Å²) >= 11 is 0. The van der Waals surface area contributed by atoms with Gasteiger partial charge in [0.05, 0.1) is 10.6 Å². The van der Waals surface area contributed by atoms with Gasteiger partial charge in [-0.3, -0.25) is 0 Å². The third-order valence-corrected chi connectivity index (χ3v) is 5.74. The molecule has 1 aliphatic rings. The minimum atomic E-state index is -3.50. The highest BCUT2D eigenvalue weighted by Crippen LogP contribution is 2.24. The predicted molar refractivity (Wildman–Crippen MR) is 79.0 cm³/mol. The summed E-state index contributed by atoms with van der Waals surface area (Å²) in [6.07, 6.45) is 6.30. The minimum Gasteiger partial charge on any atom is -0.411 e. The van der Waals surface area contributed by atoms with E-state index in [1.165, 1.54) is 0 Å². The molecule has 0 bridgehead atoms. The lowest BCUT2D eigenvalue weighted by atomic mass is 10.0. The Morgan fingerprint density at radius 2 is 1.80 bits per heavy atom. The van der Waals surface area contributed by atoms with Gasteiger partial charge in [0.15, 0.2) is 9.84 Å². The lowest BCUT2D eigenvalue weighted by Crippen LogP contribution is -2.31. The van der Waals surface area contributed by atoms with Crippen molar-refractivity contribution in [2.24, 2.45) is 5.16 Å². The number of oxime groups is 1. The fourth-order valence-electron chi connectivity index (χ4n) is 2.38. The van der Waals surface area contributed by atoms with Gasteiger partial charge in [0, 0.05) is 0 Å². The smallest absolute Gasteiger partial charge is 0.186 e. The summed E-state index contributed by atoms with van der Waals surface area (Å²) in [6, 6.07) is 6.81. The van der Waals surface area contributed by atoms with Gasteiger partial charge in [-0.25, -0.2) is 8.42 Å². The number of nitrogens with zero attached hydrogens (tertiary/aromatic N) is 1. The van der Waals surface area contributed by atoms with Gasteiger partial charge >= 0.3 is 0 Å². The molecule has 0 radical (unpaired) electrons. The van der Waals surface area contributed by atoms with E-state index in [-0.39, 0.29) is 0 Å². The van der Waals surface area contributed by atoms with Crippen LogP contribution in [0.2, 0.25) is 0 Å². The molecule has 0 saturated heterocycles. The van der Waals surface area contributed by atoms with Crippen molar-refractivity contribution in [1.29, 1.82) is 0 Å². The maximum absolute atomic E-state index is 12.7. The SMILES string of the molecule is Cc1ccc(S(=O)(=O)[C@@H]2CCC=CCC/C2=N/O)cc1. The lowest BCUT2D eigenvalue weighted by molar-refractivity contribution is 0.316. The van der Waals surface area contributed by atoms with Gasteiger partial charge in [-0.1, -0.05) is 35.0 Å². The van der Waals surface area contributed by atoms with Crippen LogP contribution in [0, 0.1) is 6.92 Å². The zero-order chi connectivity index (χ0) is 14.6. The second-order valence-electron chi connectivity index (χ2n) is 5.03. The molecule has 20 heavy (non-hydrogen) atoms. The molecule has 5 heteroatoms. The van der Waals surface area contributed by atoms with Crippen molar-refractivity contribution in [1.82, 2.24) is 0 Å². The van der Waals surface area contributed by atoms with Crippen molar-refractivity contribution in [3.8, 4) is 0 Å². The number of sulfone groups is 1. The van der Waals surface area contributed by atoms with Crippen LogP contribution in [0.5, 0.6) is 0 Å². The average molecular weight is 293 g/mol. The van der Waals surface area contributed by atoms with Gasteiger partial charge < -0.3 is 5.21 Å². The van der Waals surface area contributed by atoms with Crippen LogP contribution in [0.1, 0.15) is 31.2 Å². The molecule has 1 aromatic rings. The molecule has 1 atom stereocenters. The Balaban J connectivity index is 2.39. The Kier molecular flexibility index (Phi) is 4.60. The monoisotopic (exact) mass is 293 g/mol. The summed E-state index contributed by atoms with van der Waals surface area (Å²) in [5.74, 6) is 0. The zero-order valence-corrected chi connectivity index (χ0v) is 12.3. The Labute approximate surface area is 119 Å². The molecular formula is C15H19NO3S. The van der Waals surface area contributed by atoms with E-state index in [2.05, 4.69) is 5.16 Å². The topological polar surface area (TPSA) is 66.7 Å². The standard InChI is InChI=1S/C15H19NO3S/c1-12-8-10-13(11-9-12)20(18,19)15-7-5-3-2-4-6-14(15)16-17/h2-3,8-11,15,17H,4-7H2,1H3/b3-2?,16-14-/t15-/m1/s1. The summed E-state index contributed by atoms with van der Waals surface area (Å²) in [5.41, 5.74) is 1.37. The number of benzene rings is 1. The number of hydrogen-bond donors (Lipinski definition) is 1. The van der Waals surface area contributed by atoms with Crippen molar-refractivity contribution < 1.29 is 13.6 Å². The summed E-state index contributed by atoms with van der Waals surface area (Å²) in [4.78, 5) is 0.291. The lowest BCUT2D eigenvalue weighted by Gasteiger charge is -2.19. The first-order valence-electron chi connectivity index (χ1n) is 6.72. The first kappa shape index (κ1) is 14.8. The van der Waals surface area contributed by atoms with Crippen molar-refractivity contribution >= 4 is 15.5 Å². The molecule has 0 amide bonds. The van der Waals surface area contributed by atoms with E-state index < -0.39 is 15.1 Å². The molecule has 1 aromatic carbocycles. The van der Waals surface area contributed by atoms with Crippen LogP contribution in [-0.2, 0) is 9.84 Å². The Morgan fingerprint density at radius 1 is 1.15 bits per heavy atom. The largest absolute Gasteiger partial charge is 0.411 e. The molecule has 4 nitrogen and oxygen atoms in total. The van der Waals surface area contributed by atoms with Crippen LogP contribution in [0.3, 0.4) is 0 Å². The maximum Gasteiger partial charge on any atom is 0.186 e. The summed E-state index contributed by atoms with van der Waals surface area (Å²) in [5, 5.41) is 11.6. The van der Waals surface area contributed by atoms with E-state index in [0.29, 0.717) is 36.3 Å². The van der Waals surface area contributed by atoms with Crippen LogP contribution in [0.15, 0.2) is 46.5 Å². The van der Waals surface area contributed by atoms with Crippen molar-refractivity contribution in [3.63, 3.8) is 0 Å². The normalized spacial score (nSPS) is 22.4. The van der Waals surface area contributed by atoms with Crippen molar-refractivity contribution in [2.75, 3.05) is 0 Å². The van der Waals surface area contributed by atoms with Crippen molar-refractivity contribution in [3.05, 3.63) is 42.0 Å². The van der Waals surface area contributed by atoms with E-state index in [0.717, 1.165) is 5.56 Å². The van der Waals surface area contributed by atoms with Gasteiger partial charge in [0.1, 0.15) is 5.25 Å². The number of rotatable bonds is 2. The summed E-state index contributed by atoms with van der Waals surface area (Å²) in [6.45, 7) is 1.91. The highest BCUT2D eigenvalue weighted by atomic mass is 32.2. The summed E-state index contributed by atoms with van der Waals surface area (Å²) < 4.78 is 25.4. The Bertz CT molecular complexity index is 615. The second kappa shape index (κ2) is 6.22. The third-order valence-electron chi connectivity index (χ3n) is 3.55. The minimum absolute atomic E-state index is 0.291. The van der Waals surface area contributed by atoms with Gasteiger partial charge in [0.25, 0.3) is 0 Å². The van der Waals surface area contributed by atoms with E-state index in [1.54, 1.807) is 24.3 Å². The van der Waals surface area contributed by atoms with E-state index in [9.17, 15) is 8.42 Å². The molecule has 108 valence electrons. The molecule has 0 heterocycles. The molecule has 1 N–H and O–H groups in total. The zero-order valence-electron chi connectivity index (χ0n) is 11.5. The van der Waals surface area contributed by atoms with Gasteiger partial charge in [-0.2, -0.15) is 0 Å². The average Bonchev–Trinajstić information content (AvgIpc) is 2.39. The summed E-state index contributed by atoms with van der Waals surface area (Å²) in [7, 11) is -3.50. The second-order valence-corrected chi connectivity index (χ2v) is 7.16. The number of allylic oxidation sites excluding steroid dienone is 2. The van der Waals surface area contributed by atoms with Crippen LogP contribution >= 0.6 is 0 Å². The molecule has 1 aliphatic carbocycles. The number of aryl methyl sites for hydroxylation is 1. The molecule has 0 unspecified atom stereocenters. The third kappa shape index (κ3) is 3.10. The van der Waals surface area contributed by atoms with Crippen LogP contribution < -0.4 is 0 Å². The molecule has 2 rings (SSSR count). The fraction of sp³-hybridized carbons (Fsp3) is 0.400. The highest BCUT2D eigenvalue weighted by molar-refractivity contribution is 7.92. The quantitative estimate of drug-likeness (QED) is 0.517. The molecule has 0 fully saturated rings. The maximum atomic E-state index is 12.7. The molecule has 0 aromatic heterocycles. The Morgan fingerprint density at radius 3 is 2.45 bits per heavy atom. The van der Waals surface area contributed by atoms with E-state index in [1.807, 2.05) is 19.1 Å². The first-order chi connectivity index (χ1) is 9.55. The predicted octanol–water partition coefficient (Wildman–Crippen LogP) is 3.10. The molecule has 0 aliphatic heterocycles. The van der Waals surface area contributed by atoms with Crippen LogP contribution in [0.4, 0.5) is 0 Å². The van der Waals surface area contributed by atoms with Gasteiger partial charge in [-0.05, 0) is 44.7 Å². The van der Waals surface area contributed by atoms with Gasteiger partial charge in [-0.15, -0.1) is 0 Å². The van der Waals surface area contributed by atoms with Crippen LogP contribution in [0.25, 0.3) is 0 Å². The molecule has 0 saturated carbocycles. The number of hydrogen-bond acceptors (Lipinski definition) is 4. The van der Waals surface area contributed by atoms with E-state index in [4.69, 9.17) is 5.21 Å². The Hall–Kier alpha value is -1.62. The van der Waals surface area contributed by atoms with Crippen LogP contribution in [-0.4, -0.2) is 24.6 Å². The van der Waals surface area contributed by atoms with Crippen molar-refractivity contribution in [2.45, 2.75) is 42.8 Å². The first-order valence-corrected chi connectivity index (χ1v) is 8.26. The molecular weight excluding hydrogens is 274 g/mol. The van der Waals surface area contributed by atoms with E-state index >= 15 is 0 Å². The molecule has 0 spiro atoms. The highest BCUT2D eigenvalue weighted by Gasteiger charge is 2.32. The van der Waals surface area contributed by atoms with Gasteiger partial charge in [0.2, 0.25) is 0 Å².